The quantitative estimate of drug-likeness (QED) is 0.709. The number of nitrogens with one attached hydrogen (secondary N) is 1. The average Bonchev–Trinajstić information content (AvgIpc) is 2.92. The third-order valence-corrected chi connectivity index (χ3v) is 3.99. The molecule has 114 valence electrons. The molecular weight excluding hydrogens is 258 g/mol. The normalized spacial score (nSPS) is 12.5. The zero-order chi connectivity index (χ0) is 14.9. The van der Waals surface area contributed by atoms with Gasteiger partial charge in [0.1, 0.15) is 0 Å². The van der Waals surface area contributed by atoms with Crippen LogP contribution in [0.3, 0.4) is 0 Å². The van der Waals surface area contributed by atoms with Gasteiger partial charge in [0.2, 0.25) is 0 Å². The first kappa shape index (κ1) is 15.8. The van der Waals surface area contributed by atoms with Gasteiger partial charge in [-0.25, -0.2) is 0 Å². The Labute approximate surface area is 128 Å². The monoisotopic (exact) mass is 285 g/mol. The largest absolute Gasteiger partial charge is 0.310 e. The van der Waals surface area contributed by atoms with Gasteiger partial charge in [0, 0.05) is 37.9 Å². The summed E-state index contributed by atoms with van der Waals surface area (Å²) in [6.07, 6.45) is 7.97. The molecule has 0 saturated carbocycles. The van der Waals surface area contributed by atoms with E-state index in [0.29, 0.717) is 6.04 Å². The molecule has 1 atom stereocenters. The first-order valence-electron chi connectivity index (χ1n) is 8.06. The second kappa shape index (κ2) is 8.63. The number of aryl methyl sites for hydroxylation is 1. The molecule has 2 rings (SSSR count). The van der Waals surface area contributed by atoms with Gasteiger partial charge >= 0.3 is 0 Å². The lowest BCUT2D eigenvalue weighted by atomic mass is 10.0. The maximum atomic E-state index is 4.22. The number of aromatic nitrogens is 2. The molecule has 1 aromatic heterocycles. The summed E-state index contributed by atoms with van der Waals surface area (Å²) in [7, 11) is 2.01. The fourth-order valence-corrected chi connectivity index (χ4v) is 2.69. The number of rotatable bonds is 9. The minimum absolute atomic E-state index is 0.464. The lowest BCUT2D eigenvalue weighted by Gasteiger charge is -2.19. The summed E-state index contributed by atoms with van der Waals surface area (Å²) in [5, 5.41) is 7.94. The molecule has 3 nitrogen and oxygen atoms in total. The summed E-state index contributed by atoms with van der Waals surface area (Å²) in [5.41, 5.74) is 2.68. The Morgan fingerprint density at radius 3 is 2.62 bits per heavy atom. The summed E-state index contributed by atoms with van der Waals surface area (Å²) in [4.78, 5) is 0. The average molecular weight is 285 g/mol. The second-order valence-corrected chi connectivity index (χ2v) is 5.61. The van der Waals surface area contributed by atoms with E-state index in [4.69, 9.17) is 0 Å². The number of unbranched alkanes of at least 4 members (excludes halogenated alkanes) is 2. The molecule has 3 heteroatoms. The van der Waals surface area contributed by atoms with Crippen LogP contribution >= 0.6 is 0 Å². The van der Waals surface area contributed by atoms with Gasteiger partial charge in [-0.1, -0.05) is 56.5 Å². The molecule has 0 fully saturated rings. The van der Waals surface area contributed by atoms with Crippen LogP contribution in [0.15, 0.2) is 42.6 Å². The highest BCUT2D eigenvalue weighted by Gasteiger charge is 2.10. The van der Waals surface area contributed by atoms with Crippen molar-refractivity contribution in [2.75, 3.05) is 6.54 Å². The fraction of sp³-hybridized carbons (Fsp3) is 0.500. The standard InChI is InChI=1S/C18H27N3/c1-3-4-6-11-18(16-9-7-5-8-10-16)19-14-12-17-13-15-20-21(17)2/h5,7-10,13,15,18-19H,3-4,6,11-12,14H2,1-2H3. The van der Waals surface area contributed by atoms with E-state index in [1.54, 1.807) is 0 Å². The minimum atomic E-state index is 0.464. The molecule has 21 heavy (non-hydrogen) atoms. The molecule has 0 amide bonds. The van der Waals surface area contributed by atoms with Gasteiger partial charge in [-0.15, -0.1) is 0 Å². The SMILES string of the molecule is CCCCCC(NCCc1ccnn1C)c1ccccc1. The maximum absolute atomic E-state index is 4.22. The van der Waals surface area contributed by atoms with Crippen molar-refractivity contribution in [2.45, 2.75) is 45.1 Å². The predicted octanol–water partition coefficient (Wildman–Crippen LogP) is 3.87. The van der Waals surface area contributed by atoms with Crippen molar-refractivity contribution < 1.29 is 0 Å². The minimum Gasteiger partial charge on any atom is -0.310 e. The van der Waals surface area contributed by atoms with Crippen LogP contribution in [0.25, 0.3) is 0 Å². The van der Waals surface area contributed by atoms with Crippen molar-refractivity contribution in [1.82, 2.24) is 15.1 Å². The number of hydrogen-bond acceptors (Lipinski definition) is 2. The van der Waals surface area contributed by atoms with Crippen LogP contribution in [0, 0.1) is 0 Å². The Morgan fingerprint density at radius 1 is 1.14 bits per heavy atom. The Hall–Kier alpha value is -1.61. The molecule has 0 aliphatic heterocycles. The summed E-state index contributed by atoms with van der Waals surface area (Å²) >= 11 is 0. The number of hydrogen-bond donors (Lipinski definition) is 1. The first-order chi connectivity index (χ1) is 10.3. The maximum Gasteiger partial charge on any atom is 0.0492 e. The molecule has 1 heterocycles. The Morgan fingerprint density at radius 2 is 1.95 bits per heavy atom. The van der Waals surface area contributed by atoms with Crippen molar-refractivity contribution in [1.29, 1.82) is 0 Å². The van der Waals surface area contributed by atoms with Crippen LogP contribution in [0.1, 0.15) is 49.9 Å². The van der Waals surface area contributed by atoms with E-state index in [1.165, 1.54) is 36.9 Å². The molecule has 2 aromatic rings. The van der Waals surface area contributed by atoms with Gasteiger partial charge in [0.25, 0.3) is 0 Å². The van der Waals surface area contributed by atoms with Crippen molar-refractivity contribution in [3.8, 4) is 0 Å². The Balaban J connectivity index is 1.88. The summed E-state index contributed by atoms with van der Waals surface area (Å²) in [6.45, 7) is 3.25. The molecule has 1 N–H and O–H groups in total. The van der Waals surface area contributed by atoms with E-state index >= 15 is 0 Å². The highest BCUT2D eigenvalue weighted by Crippen LogP contribution is 2.19. The van der Waals surface area contributed by atoms with Crippen molar-refractivity contribution in [3.05, 3.63) is 53.9 Å². The summed E-state index contributed by atoms with van der Waals surface area (Å²) < 4.78 is 1.95. The van der Waals surface area contributed by atoms with Crippen LogP contribution in [0.5, 0.6) is 0 Å². The number of nitrogens with zero attached hydrogens (tertiary/aromatic N) is 2. The van der Waals surface area contributed by atoms with Crippen LogP contribution in [0.4, 0.5) is 0 Å². The topological polar surface area (TPSA) is 29.9 Å². The van der Waals surface area contributed by atoms with Gasteiger partial charge in [-0.2, -0.15) is 5.10 Å². The van der Waals surface area contributed by atoms with Gasteiger partial charge in [0.15, 0.2) is 0 Å². The van der Waals surface area contributed by atoms with E-state index in [9.17, 15) is 0 Å². The highest BCUT2D eigenvalue weighted by atomic mass is 15.3. The number of benzene rings is 1. The lowest BCUT2D eigenvalue weighted by Crippen LogP contribution is -2.24. The van der Waals surface area contributed by atoms with E-state index in [0.717, 1.165) is 13.0 Å². The van der Waals surface area contributed by atoms with Crippen LogP contribution < -0.4 is 5.32 Å². The third-order valence-electron chi connectivity index (χ3n) is 3.99. The van der Waals surface area contributed by atoms with Gasteiger partial charge in [-0.3, -0.25) is 4.68 Å². The molecule has 1 unspecified atom stereocenters. The van der Waals surface area contributed by atoms with Gasteiger partial charge in [0.05, 0.1) is 0 Å². The zero-order valence-corrected chi connectivity index (χ0v) is 13.3. The predicted molar refractivity (Wildman–Crippen MR) is 88.2 cm³/mol. The fourth-order valence-electron chi connectivity index (χ4n) is 2.69. The van der Waals surface area contributed by atoms with E-state index in [-0.39, 0.29) is 0 Å². The summed E-state index contributed by atoms with van der Waals surface area (Å²) in [6, 6.07) is 13.4. The zero-order valence-electron chi connectivity index (χ0n) is 13.3. The smallest absolute Gasteiger partial charge is 0.0492 e. The first-order valence-corrected chi connectivity index (χ1v) is 8.06. The molecule has 0 bridgehead atoms. The third kappa shape index (κ3) is 5.01. The van der Waals surface area contributed by atoms with Crippen molar-refractivity contribution in [3.63, 3.8) is 0 Å². The van der Waals surface area contributed by atoms with E-state index < -0.39 is 0 Å². The Kier molecular flexibility index (Phi) is 6.48. The Bertz CT molecular complexity index is 504. The molecular formula is C18H27N3. The van der Waals surface area contributed by atoms with Crippen LogP contribution in [0.2, 0.25) is 0 Å². The summed E-state index contributed by atoms with van der Waals surface area (Å²) in [5.74, 6) is 0. The molecule has 0 aliphatic carbocycles. The lowest BCUT2D eigenvalue weighted by molar-refractivity contribution is 0.473. The van der Waals surface area contributed by atoms with Crippen molar-refractivity contribution in [2.24, 2.45) is 7.05 Å². The molecule has 0 saturated heterocycles. The van der Waals surface area contributed by atoms with Gasteiger partial charge in [-0.05, 0) is 18.1 Å². The van der Waals surface area contributed by atoms with Crippen LogP contribution in [-0.4, -0.2) is 16.3 Å². The van der Waals surface area contributed by atoms with Crippen LogP contribution in [-0.2, 0) is 13.5 Å². The second-order valence-electron chi connectivity index (χ2n) is 5.61. The molecule has 1 aromatic carbocycles. The highest BCUT2D eigenvalue weighted by molar-refractivity contribution is 5.18. The van der Waals surface area contributed by atoms with E-state index in [2.05, 4.69) is 53.7 Å². The van der Waals surface area contributed by atoms with Crippen molar-refractivity contribution >= 4 is 0 Å². The molecule has 0 aliphatic rings. The van der Waals surface area contributed by atoms with Gasteiger partial charge < -0.3 is 5.32 Å². The molecule has 0 spiro atoms. The molecule has 0 radical (unpaired) electrons. The van der Waals surface area contributed by atoms with E-state index in [1.807, 2.05) is 17.9 Å².